The number of amides is 1. The van der Waals surface area contributed by atoms with E-state index in [1.807, 2.05) is 69.3 Å². The summed E-state index contributed by atoms with van der Waals surface area (Å²) in [4.78, 5) is 30.1. The third kappa shape index (κ3) is 4.46. The van der Waals surface area contributed by atoms with Crippen molar-refractivity contribution in [1.82, 2.24) is 4.98 Å². The van der Waals surface area contributed by atoms with Crippen LogP contribution in [0.5, 0.6) is 0 Å². The second kappa shape index (κ2) is 8.35. The fourth-order valence-corrected chi connectivity index (χ4v) is 3.55. The normalized spacial score (nSPS) is 11.7. The van der Waals surface area contributed by atoms with Gasteiger partial charge < -0.3 is 10.1 Å². The first kappa shape index (κ1) is 19.8. The average molecular weight is 394 g/mol. The third-order valence-corrected chi connectivity index (χ3v) is 5.22. The molecule has 0 aliphatic rings. The molecule has 0 spiro atoms. The van der Waals surface area contributed by atoms with Gasteiger partial charge >= 0.3 is 5.97 Å². The lowest BCUT2D eigenvalue weighted by molar-refractivity contribution is -0.123. The second-order valence-electron chi connectivity index (χ2n) is 6.63. The Labute approximate surface area is 168 Å². The lowest BCUT2D eigenvalue weighted by Gasteiger charge is -2.15. The first-order chi connectivity index (χ1) is 13.3. The number of aromatic nitrogens is 1. The Morgan fingerprint density at radius 1 is 1.07 bits per heavy atom. The van der Waals surface area contributed by atoms with Crippen molar-refractivity contribution >= 4 is 28.9 Å². The molecule has 1 amide bonds. The molecule has 1 atom stereocenters. The standard InChI is InChI=1S/C22H22N2O3S/c1-13-10-11-14(2)18(12-13)24-21(25)15(3)27-22(26)20-19(23-16(4)28-20)17-8-6-5-7-9-17/h5-12,15H,1-4H3,(H,24,25)/t15-/m0/s1. The van der Waals surface area contributed by atoms with Crippen LogP contribution in [0, 0.1) is 20.8 Å². The Hall–Kier alpha value is -2.99. The highest BCUT2D eigenvalue weighted by molar-refractivity contribution is 7.14. The minimum atomic E-state index is -0.932. The largest absolute Gasteiger partial charge is 0.448 e. The Bertz CT molecular complexity index is 1010. The van der Waals surface area contributed by atoms with Crippen LogP contribution in [-0.2, 0) is 9.53 Å². The van der Waals surface area contributed by atoms with Crippen LogP contribution in [-0.4, -0.2) is 23.0 Å². The number of anilines is 1. The van der Waals surface area contributed by atoms with Crippen molar-refractivity contribution < 1.29 is 14.3 Å². The Morgan fingerprint density at radius 2 is 1.79 bits per heavy atom. The zero-order chi connectivity index (χ0) is 20.3. The number of hydrogen-bond acceptors (Lipinski definition) is 5. The predicted molar refractivity (Wildman–Crippen MR) is 112 cm³/mol. The molecule has 1 aromatic heterocycles. The second-order valence-corrected chi connectivity index (χ2v) is 7.83. The number of thiazole rings is 1. The number of carbonyl (C=O) groups is 2. The highest BCUT2D eigenvalue weighted by atomic mass is 32.1. The molecule has 0 aliphatic carbocycles. The van der Waals surface area contributed by atoms with Gasteiger partial charge in [0.05, 0.1) is 10.7 Å². The number of carbonyl (C=O) groups excluding carboxylic acids is 2. The summed E-state index contributed by atoms with van der Waals surface area (Å²) in [5.41, 5.74) is 4.12. The van der Waals surface area contributed by atoms with Crippen molar-refractivity contribution in [3.63, 3.8) is 0 Å². The van der Waals surface area contributed by atoms with E-state index in [1.165, 1.54) is 11.3 Å². The molecule has 0 fully saturated rings. The van der Waals surface area contributed by atoms with Crippen LogP contribution in [0.15, 0.2) is 48.5 Å². The maximum Gasteiger partial charge on any atom is 0.351 e. The van der Waals surface area contributed by atoms with Crippen LogP contribution in [0.3, 0.4) is 0 Å². The van der Waals surface area contributed by atoms with Crippen LogP contribution in [0.1, 0.15) is 32.7 Å². The molecule has 5 nitrogen and oxygen atoms in total. The summed E-state index contributed by atoms with van der Waals surface area (Å²) in [6.45, 7) is 7.27. The van der Waals surface area contributed by atoms with Crippen LogP contribution in [0.4, 0.5) is 5.69 Å². The van der Waals surface area contributed by atoms with E-state index < -0.39 is 12.1 Å². The van der Waals surface area contributed by atoms with Gasteiger partial charge in [-0.1, -0.05) is 42.5 Å². The summed E-state index contributed by atoms with van der Waals surface area (Å²) in [5.74, 6) is -0.919. The quantitative estimate of drug-likeness (QED) is 0.624. The summed E-state index contributed by atoms with van der Waals surface area (Å²) in [6.07, 6.45) is -0.932. The maximum atomic E-state index is 12.7. The SMILES string of the molecule is Cc1ccc(C)c(NC(=O)[C@H](C)OC(=O)c2sc(C)nc2-c2ccccc2)c1. The van der Waals surface area contributed by atoms with E-state index in [9.17, 15) is 9.59 Å². The Morgan fingerprint density at radius 3 is 2.50 bits per heavy atom. The van der Waals surface area contributed by atoms with E-state index in [0.717, 1.165) is 21.7 Å². The molecule has 0 saturated carbocycles. The van der Waals surface area contributed by atoms with Crippen molar-refractivity contribution in [1.29, 1.82) is 0 Å². The van der Waals surface area contributed by atoms with Gasteiger partial charge in [-0.05, 0) is 44.9 Å². The molecule has 3 aromatic rings. The molecule has 28 heavy (non-hydrogen) atoms. The lowest BCUT2D eigenvalue weighted by Crippen LogP contribution is -2.30. The highest BCUT2D eigenvalue weighted by Gasteiger charge is 2.24. The van der Waals surface area contributed by atoms with Crippen molar-refractivity contribution in [2.24, 2.45) is 0 Å². The zero-order valence-electron chi connectivity index (χ0n) is 16.3. The molecule has 144 valence electrons. The molecular formula is C22H22N2O3S. The fourth-order valence-electron chi connectivity index (χ4n) is 2.73. The molecule has 3 rings (SSSR count). The zero-order valence-corrected chi connectivity index (χ0v) is 17.1. The molecule has 0 radical (unpaired) electrons. The summed E-state index contributed by atoms with van der Waals surface area (Å²) < 4.78 is 5.44. The van der Waals surface area contributed by atoms with Gasteiger partial charge in [-0.2, -0.15) is 0 Å². The van der Waals surface area contributed by atoms with E-state index in [4.69, 9.17) is 4.74 Å². The summed E-state index contributed by atoms with van der Waals surface area (Å²) in [6, 6.07) is 15.3. The monoisotopic (exact) mass is 394 g/mol. The summed E-state index contributed by atoms with van der Waals surface area (Å²) in [5, 5.41) is 3.59. The number of benzene rings is 2. The van der Waals surface area contributed by atoms with Gasteiger partial charge in [-0.3, -0.25) is 4.79 Å². The van der Waals surface area contributed by atoms with E-state index in [-0.39, 0.29) is 5.91 Å². The molecule has 1 heterocycles. The van der Waals surface area contributed by atoms with Crippen LogP contribution >= 0.6 is 11.3 Å². The fraction of sp³-hybridized carbons (Fsp3) is 0.227. The van der Waals surface area contributed by atoms with Gasteiger partial charge in [0.15, 0.2) is 6.10 Å². The predicted octanol–water partition coefficient (Wildman–Crippen LogP) is 4.92. The number of esters is 1. The van der Waals surface area contributed by atoms with Gasteiger partial charge in [0, 0.05) is 11.3 Å². The first-order valence-corrected chi connectivity index (χ1v) is 9.78. The molecule has 0 aliphatic heterocycles. The topological polar surface area (TPSA) is 68.3 Å². The van der Waals surface area contributed by atoms with Crippen molar-refractivity contribution in [3.8, 4) is 11.3 Å². The van der Waals surface area contributed by atoms with E-state index in [0.29, 0.717) is 16.3 Å². The number of ether oxygens (including phenoxy) is 1. The van der Waals surface area contributed by atoms with Crippen molar-refractivity contribution in [2.45, 2.75) is 33.8 Å². The van der Waals surface area contributed by atoms with Gasteiger partial charge in [0.25, 0.3) is 5.91 Å². The van der Waals surface area contributed by atoms with E-state index >= 15 is 0 Å². The van der Waals surface area contributed by atoms with Gasteiger partial charge in [0.2, 0.25) is 0 Å². The van der Waals surface area contributed by atoms with Crippen LogP contribution < -0.4 is 5.32 Å². The van der Waals surface area contributed by atoms with Crippen molar-refractivity contribution in [2.75, 3.05) is 5.32 Å². The lowest BCUT2D eigenvalue weighted by atomic mass is 10.1. The number of hydrogen-bond donors (Lipinski definition) is 1. The maximum absolute atomic E-state index is 12.7. The smallest absolute Gasteiger partial charge is 0.351 e. The molecule has 0 bridgehead atoms. The van der Waals surface area contributed by atoms with Gasteiger partial charge in [-0.25, -0.2) is 9.78 Å². The molecule has 2 aromatic carbocycles. The van der Waals surface area contributed by atoms with Gasteiger partial charge in [0.1, 0.15) is 4.88 Å². The van der Waals surface area contributed by atoms with Crippen LogP contribution in [0.2, 0.25) is 0 Å². The number of rotatable bonds is 5. The third-order valence-electron chi connectivity index (χ3n) is 4.27. The average Bonchev–Trinajstić information content (AvgIpc) is 3.07. The minimum absolute atomic E-state index is 0.371. The minimum Gasteiger partial charge on any atom is -0.448 e. The Kier molecular flexibility index (Phi) is 5.90. The molecule has 6 heteroatoms. The highest BCUT2D eigenvalue weighted by Crippen LogP contribution is 2.29. The summed E-state index contributed by atoms with van der Waals surface area (Å²) in [7, 11) is 0. The van der Waals surface area contributed by atoms with Gasteiger partial charge in [-0.15, -0.1) is 11.3 Å². The number of nitrogens with one attached hydrogen (secondary N) is 1. The molecular weight excluding hydrogens is 372 g/mol. The molecule has 1 N–H and O–H groups in total. The first-order valence-electron chi connectivity index (χ1n) is 8.97. The number of aryl methyl sites for hydroxylation is 3. The number of nitrogens with zero attached hydrogens (tertiary/aromatic N) is 1. The van der Waals surface area contributed by atoms with Crippen molar-refractivity contribution in [3.05, 3.63) is 69.5 Å². The van der Waals surface area contributed by atoms with E-state index in [2.05, 4.69) is 10.3 Å². The molecule has 0 saturated heterocycles. The Balaban J connectivity index is 1.74. The molecule has 0 unspecified atom stereocenters. The van der Waals surface area contributed by atoms with E-state index in [1.54, 1.807) is 6.92 Å². The summed E-state index contributed by atoms with van der Waals surface area (Å²) >= 11 is 1.26. The van der Waals surface area contributed by atoms with Crippen LogP contribution in [0.25, 0.3) is 11.3 Å².